The average molecular weight is 514 g/mol. The zero-order valence-electron chi connectivity index (χ0n) is 20.6. The van der Waals surface area contributed by atoms with Gasteiger partial charge in [-0.1, -0.05) is 13.8 Å². The molecular weight excluding hydrogens is 479 g/mol. The Hall–Kier alpha value is -2.84. The van der Waals surface area contributed by atoms with E-state index >= 15 is 0 Å². The Morgan fingerprint density at radius 2 is 1.83 bits per heavy atom. The Morgan fingerprint density at radius 1 is 1.28 bits per heavy atom. The van der Waals surface area contributed by atoms with Gasteiger partial charge in [-0.15, -0.1) is 0 Å². The third-order valence-corrected chi connectivity index (χ3v) is 8.11. The van der Waals surface area contributed by atoms with Gasteiger partial charge in [-0.3, -0.25) is 19.2 Å². The molecule has 200 valence electrons. The van der Waals surface area contributed by atoms with Gasteiger partial charge in [0, 0.05) is 31.0 Å². The van der Waals surface area contributed by atoms with Crippen LogP contribution in [-0.2, 0) is 19.2 Å². The second-order valence-electron chi connectivity index (χ2n) is 11.2. The number of piperidine rings is 1. The van der Waals surface area contributed by atoms with Crippen LogP contribution in [-0.4, -0.2) is 59.9 Å². The molecule has 3 saturated carbocycles. The van der Waals surface area contributed by atoms with E-state index in [1.807, 2.05) is 6.07 Å². The van der Waals surface area contributed by atoms with Crippen molar-refractivity contribution < 1.29 is 32.3 Å². The number of likely N-dealkylation sites (tertiary alicyclic amines) is 1. The van der Waals surface area contributed by atoms with Gasteiger partial charge < -0.3 is 21.3 Å². The van der Waals surface area contributed by atoms with Crippen molar-refractivity contribution in [2.24, 2.45) is 34.8 Å². The fourth-order valence-corrected chi connectivity index (χ4v) is 5.21. The van der Waals surface area contributed by atoms with Gasteiger partial charge in [0.15, 0.2) is 0 Å². The number of nitrogens with one attached hydrogen (secondary N) is 2. The van der Waals surface area contributed by atoms with E-state index in [9.17, 15) is 27.6 Å². The number of halogens is 3. The Balaban J connectivity index is 0.000000161. The predicted molar refractivity (Wildman–Crippen MR) is 121 cm³/mol. The molecule has 0 aromatic carbocycles. The number of nitriles is 1. The van der Waals surface area contributed by atoms with Crippen LogP contribution in [0.3, 0.4) is 0 Å². The summed E-state index contributed by atoms with van der Waals surface area (Å²) >= 11 is 0. The molecule has 2 aliphatic heterocycles. The van der Waals surface area contributed by atoms with Crippen LogP contribution in [0.15, 0.2) is 0 Å². The van der Waals surface area contributed by atoms with Crippen LogP contribution < -0.4 is 16.4 Å². The van der Waals surface area contributed by atoms with Crippen LogP contribution in [0.25, 0.3) is 0 Å². The van der Waals surface area contributed by atoms with Crippen molar-refractivity contribution >= 4 is 24.1 Å². The molecule has 36 heavy (non-hydrogen) atoms. The lowest BCUT2D eigenvalue weighted by atomic mass is 9.96. The smallest absolute Gasteiger partial charge is 0.362 e. The summed E-state index contributed by atoms with van der Waals surface area (Å²) in [5, 5.41) is 14.1. The number of carbonyl (C=O) groups excluding carboxylic acids is 4. The predicted octanol–water partition coefficient (Wildman–Crippen LogP) is 1.62. The molecule has 0 bridgehead atoms. The Kier molecular flexibility index (Phi) is 7.91. The van der Waals surface area contributed by atoms with Crippen molar-refractivity contribution in [2.45, 2.75) is 76.6 Å². The zero-order valence-corrected chi connectivity index (χ0v) is 20.6. The summed E-state index contributed by atoms with van der Waals surface area (Å²) in [4.78, 5) is 44.8. The van der Waals surface area contributed by atoms with Crippen LogP contribution in [0.4, 0.5) is 13.2 Å². The fraction of sp³-hybridized carbons (Fsp3) is 0.792. The first-order valence-corrected chi connectivity index (χ1v) is 12.3. The highest BCUT2D eigenvalue weighted by Gasteiger charge is 2.62. The summed E-state index contributed by atoms with van der Waals surface area (Å²) in [5.41, 5.74) is 4.39. The quantitative estimate of drug-likeness (QED) is 0.462. The van der Waals surface area contributed by atoms with Crippen LogP contribution in [0.1, 0.15) is 58.8 Å². The minimum absolute atomic E-state index is 0.0282. The number of amides is 4. The number of hydrogen-bond acceptors (Lipinski definition) is 5. The number of hydrogen-bond donors (Lipinski definition) is 3. The van der Waals surface area contributed by atoms with Crippen LogP contribution >= 0.6 is 0 Å². The first kappa shape index (κ1) is 27.7. The van der Waals surface area contributed by atoms with E-state index in [0.29, 0.717) is 24.2 Å². The molecule has 0 radical (unpaired) electrons. The van der Waals surface area contributed by atoms with Crippen molar-refractivity contribution in [1.82, 2.24) is 15.5 Å². The lowest BCUT2D eigenvalue weighted by Crippen LogP contribution is -2.32. The molecule has 4 N–H and O–H groups in total. The van der Waals surface area contributed by atoms with E-state index in [1.54, 1.807) is 0 Å². The molecule has 4 unspecified atom stereocenters. The van der Waals surface area contributed by atoms with Crippen molar-refractivity contribution in [3.63, 3.8) is 0 Å². The van der Waals surface area contributed by atoms with Gasteiger partial charge in [0.05, 0.1) is 6.07 Å². The lowest BCUT2D eigenvalue weighted by Gasteiger charge is -2.22. The number of fused-ring (bicyclic) bond motifs is 1. The number of carbonyl (C=O) groups is 4. The van der Waals surface area contributed by atoms with Gasteiger partial charge in [-0.2, -0.15) is 18.4 Å². The number of rotatable bonds is 6. The minimum Gasteiger partial charge on any atom is -0.362 e. The highest BCUT2D eigenvalue weighted by atomic mass is 19.4. The largest absolute Gasteiger partial charge is 0.470 e. The second-order valence-corrected chi connectivity index (χ2v) is 11.2. The summed E-state index contributed by atoms with van der Waals surface area (Å²) in [5.74, 6) is 0.441. The Bertz CT molecular complexity index is 910. The van der Waals surface area contributed by atoms with Crippen molar-refractivity contribution in [1.29, 1.82) is 5.26 Å². The van der Waals surface area contributed by atoms with E-state index < -0.39 is 18.1 Å². The fourth-order valence-electron chi connectivity index (χ4n) is 5.21. The molecule has 2 heterocycles. The van der Waals surface area contributed by atoms with Gasteiger partial charge in [-0.25, -0.2) is 0 Å². The number of nitrogens with two attached hydrogens (primary N) is 1. The van der Waals surface area contributed by atoms with Crippen LogP contribution in [0, 0.1) is 40.4 Å². The van der Waals surface area contributed by atoms with Crippen molar-refractivity contribution in [2.75, 3.05) is 13.1 Å². The lowest BCUT2D eigenvalue weighted by molar-refractivity contribution is -0.169. The van der Waals surface area contributed by atoms with Crippen LogP contribution in [0.5, 0.6) is 0 Å². The first-order valence-electron chi connectivity index (χ1n) is 12.3. The Labute approximate surface area is 208 Å². The highest BCUT2D eigenvalue weighted by Crippen LogP contribution is 2.62. The molecule has 3 aliphatic carbocycles. The maximum Gasteiger partial charge on any atom is 0.470 e. The van der Waals surface area contributed by atoms with Crippen molar-refractivity contribution in [3.05, 3.63) is 0 Å². The topological polar surface area (TPSA) is 145 Å². The summed E-state index contributed by atoms with van der Waals surface area (Å²) < 4.78 is 32.1. The van der Waals surface area contributed by atoms with Gasteiger partial charge in [0.1, 0.15) is 6.04 Å². The molecule has 4 atom stereocenters. The standard InChI is InChI=1S/C12H19NO.C10H13N3O2.C2H2F3NO/c1-12(2)9-6-13(7-10(9)12)11(14)5-8-3-4-8;11-5-8(12-6-14)3-7-4-10(1-2-10)13-9(7)15;3-2(4,5)1(6)7/h8-10H,3-7H2,1-2H3;6-8H,1-4H2,(H,12,14)(H,13,15);(H2,6,7). The minimum atomic E-state index is -4.86. The maximum atomic E-state index is 11.8. The average Bonchev–Trinajstić information content (AvgIpc) is 3.73. The molecule has 2 saturated heterocycles. The van der Waals surface area contributed by atoms with Gasteiger partial charge in [0.2, 0.25) is 18.2 Å². The molecule has 1 spiro atoms. The molecule has 0 aromatic heterocycles. The molecule has 4 amide bonds. The van der Waals surface area contributed by atoms with Crippen molar-refractivity contribution in [3.8, 4) is 6.07 Å². The monoisotopic (exact) mass is 513 g/mol. The number of primary amides is 1. The highest BCUT2D eigenvalue weighted by molar-refractivity contribution is 5.83. The molecular formula is C24H34F3N5O4. The molecule has 0 aromatic rings. The van der Waals surface area contributed by atoms with Gasteiger partial charge in [-0.05, 0) is 61.7 Å². The molecule has 9 nitrogen and oxygen atoms in total. The number of nitrogens with zero attached hydrogens (tertiary/aromatic N) is 2. The summed E-state index contributed by atoms with van der Waals surface area (Å²) in [6.45, 7) is 6.77. The van der Waals surface area contributed by atoms with E-state index in [-0.39, 0.29) is 17.4 Å². The zero-order chi connectivity index (χ0) is 26.9. The summed E-state index contributed by atoms with van der Waals surface area (Å²) in [6.07, 6.45) is 2.39. The van der Waals surface area contributed by atoms with E-state index in [0.717, 1.165) is 56.5 Å². The Morgan fingerprint density at radius 3 is 2.22 bits per heavy atom. The molecule has 5 aliphatic rings. The SMILES string of the molecule is CC1(C)C2CN(C(=O)CC3CC3)CC21.N#CC(CC1CC2(CC2)NC1=O)NC=O.NC(=O)C(F)(F)F. The summed E-state index contributed by atoms with van der Waals surface area (Å²) in [6, 6.07) is 1.43. The second kappa shape index (κ2) is 10.3. The molecule has 5 fully saturated rings. The van der Waals surface area contributed by atoms with E-state index in [4.69, 9.17) is 10.1 Å². The van der Waals surface area contributed by atoms with E-state index in [2.05, 4.69) is 35.1 Å². The third kappa shape index (κ3) is 6.89. The third-order valence-electron chi connectivity index (χ3n) is 8.11. The van der Waals surface area contributed by atoms with Gasteiger partial charge >= 0.3 is 12.1 Å². The normalized spacial score (nSPS) is 28.7. The maximum absolute atomic E-state index is 11.8. The summed E-state index contributed by atoms with van der Waals surface area (Å²) in [7, 11) is 0. The first-order chi connectivity index (χ1) is 16.7. The molecule has 5 rings (SSSR count). The number of alkyl halides is 3. The van der Waals surface area contributed by atoms with Crippen LogP contribution in [0.2, 0.25) is 0 Å². The molecule has 12 heteroatoms. The van der Waals surface area contributed by atoms with Gasteiger partial charge in [0.25, 0.3) is 0 Å². The van der Waals surface area contributed by atoms with E-state index in [1.165, 1.54) is 12.8 Å².